The average molecular weight is 202 g/mol. The second-order valence-corrected chi connectivity index (χ2v) is 2.78. The zero-order valence-corrected chi connectivity index (χ0v) is 7.50. The van der Waals surface area contributed by atoms with Gasteiger partial charge in [0.15, 0.2) is 11.7 Å². The van der Waals surface area contributed by atoms with Gasteiger partial charge < -0.3 is 0 Å². The Labute approximate surface area is 80.3 Å². The number of pyridine rings is 1. The molecule has 5 heteroatoms. The Morgan fingerprint density at radius 2 is 2.33 bits per heavy atom. The van der Waals surface area contributed by atoms with Gasteiger partial charge in [-0.15, -0.1) is 0 Å². The van der Waals surface area contributed by atoms with Crippen LogP contribution in [0.15, 0.2) is 24.4 Å². The third-order valence-electron chi connectivity index (χ3n) is 1.23. The highest BCUT2D eigenvalue weighted by Crippen LogP contribution is 2.23. The van der Waals surface area contributed by atoms with Crippen molar-refractivity contribution in [3.05, 3.63) is 30.1 Å². The Balaban J connectivity index is 2.80. The minimum Gasteiger partial charge on any atom is -0.258 e. The smallest absolute Gasteiger partial charge is 0.197 e. The Hall–Kier alpha value is -0.980. The van der Waals surface area contributed by atoms with Gasteiger partial charge in [-0.1, -0.05) is 17.7 Å². The van der Waals surface area contributed by atoms with Crippen LogP contribution in [0.4, 0.5) is 0 Å². The predicted molar refractivity (Wildman–Crippen MR) is 46.1 cm³/mol. The van der Waals surface area contributed by atoms with Crippen LogP contribution in [-0.2, 0) is 0 Å². The molecule has 1 aromatic heterocycles. The lowest BCUT2D eigenvalue weighted by atomic mass is 10.3. The summed E-state index contributed by atoms with van der Waals surface area (Å²) in [5.41, 5.74) is -0.159. The summed E-state index contributed by atoms with van der Waals surface area (Å²) in [7, 11) is 0. The maximum Gasteiger partial charge on any atom is 0.197 e. The standard InChI is InChI=1S/C7H5Cl2N3/c8-7(12(9)5-10)6-3-1-2-4-11-6/h1-4,7H. The molecular formula is C7H5Cl2N3. The number of aromatic nitrogens is 1. The molecule has 0 aliphatic rings. The van der Waals surface area contributed by atoms with Gasteiger partial charge in [0.1, 0.15) is 0 Å². The van der Waals surface area contributed by atoms with Crippen LogP contribution in [0.3, 0.4) is 0 Å². The van der Waals surface area contributed by atoms with Gasteiger partial charge in [-0.3, -0.25) is 4.98 Å². The number of nitrogens with zero attached hydrogens (tertiary/aromatic N) is 3. The van der Waals surface area contributed by atoms with E-state index in [0.29, 0.717) is 5.69 Å². The summed E-state index contributed by atoms with van der Waals surface area (Å²) in [6, 6.07) is 5.24. The first-order valence-electron chi connectivity index (χ1n) is 3.15. The largest absolute Gasteiger partial charge is 0.258 e. The summed E-state index contributed by atoms with van der Waals surface area (Å²) in [4.78, 5) is 3.94. The highest BCUT2D eigenvalue weighted by molar-refractivity contribution is 6.25. The molecule has 0 fully saturated rings. The molecule has 1 aromatic rings. The number of alkyl halides is 1. The van der Waals surface area contributed by atoms with E-state index in [-0.39, 0.29) is 0 Å². The monoisotopic (exact) mass is 201 g/mol. The van der Waals surface area contributed by atoms with Crippen LogP contribution in [0.5, 0.6) is 0 Å². The molecule has 1 unspecified atom stereocenters. The van der Waals surface area contributed by atoms with Crippen LogP contribution < -0.4 is 0 Å². The summed E-state index contributed by atoms with van der Waals surface area (Å²) in [5.74, 6) is 0. The molecule has 0 N–H and O–H groups in total. The maximum absolute atomic E-state index is 8.40. The van der Waals surface area contributed by atoms with Gasteiger partial charge in [-0.05, 0) is 12.1 Å². The molecule has 0 aliphatic carbocycles. The molecule has 0 bridgehead atoms. The van der Waals surface area contributed by atoms with E-state index in [1.165, 1.54) is 0 Å². The molecule has 0 radical (unpaired) electrons. The van der Waals surface area contributed by atoms with E-state index >= 15 is 0 Å². The van der Waals surface area contributed by atoms with Crippen molar-refractivity contribution in [1.82, 2.24) is 9.40 Å². The van der Waals surface area contributed by atoms with Gasteiger partial charge in [-0.2, -0.15) is 9.68 Å². The van der Waals surface area contributed by atoms with Crippen LogP contribution in [0, 0.1) is 11.5 Å². The summed E-state index contributed by atoms with van der Waals surface area (Å²) in [5, 5.41) is 8.40. The molecular weight excluding hydrogens is 197 g/mol. The quantitative estimate of drug-likeness (QED) is 0.243. The predicted octanol–water partition coefficient (Wildman–Crippen LogP) is 2.26. The highest BCUT2D eigenvalue weighted by Gasteiger charge is 2.14. The van der Waals surface area contributed by atoms with Crippen LogP contribution in [0.25, 0.3) is 0 Å². The molecule has 0 saturated heterocycles. The van der Waals surface area contributed by atoms with Crippen molar-refractivity contribution >= 4 is 23.4 Å². The number of hydrogen-bond donors (Lipinski definition) is 0. The van der Waals surface area contributed by atoms with E-state index in [9.17, 15) is 0 Å². The maximum atomic E-state index is 8.40. The van der Waals surface area contributed by atoms with Gasteiger partial charge in [0.2, 0.25) is 0 Å². The minimum absolute atomic E-state index is 0.552. The second kappa shape index (κ2) is 4.15. The average Bonchev–Trinajstić information content (AvgIpc) is 2.17. The van der Waals surface area contributed by atoms with Crippen molar-refractivity contribution in [2.75, 3.05) is 0 Å². The van der Waals surface area contributed by atoms with E-state index in [4.69, 9.17) is 28.6 Å². The Bertz CT molecular complexity index is 282. The van der Waals surface area contributed by atoms with E-state index in [2.05, 4.69) is 4.98 Å². The first-order chi connectivity index (χ1) is 5.75. The molecule has 0 aliphatic heterocycles. The van der Waals surface area contributed by atoms with Crippen molar-refractivity contribution in [3.63, 3.8) is 0 Å². The van der Waals surface area contributed by atoms with Crippen molar-refractivity contribution < 1.29 is 0 Å². The van der Waals surface area contributed by atoms with Crippen LogP contribution in [-0.4, -0.2) is 9.40 Å². The molecule has 0 spiro atoms. The van der Waals surface area contributed by atoms with Crippen molar-refractivity contribution in [2.45, 2.75) is 5.50 Å². The number of halogens is 2. The topological polar surface area (TPSA) is 39.9 Å². The van der Waals surface area contributed by atoms with E-state index in [1.807, 2.05) is 0 Å². The van der Waals surface area contributed by atoms with Gasteiger partial charge >= 0.3 is 0 Å². The van der Waals surface area contributed by atoms with Crippen LogP contribution in [0.2, 0.25) is 0 Å². The molecule has 0 aromatic carbocycles. The lowest BCUT2D eigenvalue weighted by Gasteiger charge is -2.11. The SMILES string of the molecule is N#CN(Cl)C(Cl)c1ccccn1. The van der Waals surface area contributed by atoms with E-state index < -0.39 is 5.50 Å². The summed E-state index contributed by atoms with van der Waals surface area (Å²) in [6.07, 6.45) is 3.28. The highest BCUT2D eigenvalue weighted by atomic mass is 35.5. The Morgan fingerprint density at radius 3 is 2.83 bits per heavy atom. The molecule has 62 valence electrons. The zero-order chi connectivity index (χ0) is 8.97. The lowest BCUT2D eigenvalue weighted by molar-refractivity contribution is 0.579. The first-order valence-corrected chi connectivity index (χ1v) is 3.93. The summed E-state index contributed by atoms with van der Waals surface area (Å²) < 4.78 is 0.809. The van der Waals surface area contributed by atoms with Crippen molar-refractivity contribution in [2.24, 2.45) is 0 Å². The van der Waals surface area contributed by atoms with E-state index in [0.717, 1.165) is 4.42 Å². The zero-order valence-electron chi connectivity index (χ0n) is 5.98. The molecule has 1 heterocycles. The fraction of sp³-hybridized carbons (Fsp3) is 0.143. The molecule has 12 heavy (non-hydrogen) atoms. The van der Waals surface area contributed by atoms with Crippen molar-refractivity contribution in [1.29, 1.82) is 5.26 Å². The molecule has 0 amide bonds. The second-order valence-electron chi connectivity index (χ2n) is 2.00. The van der Waals surface area contributed by atoms with E-state index in [1.54, 1.807) is 30.6 Å². The molecule has 1 atom stereocenters. The minimum atomic E-state index is -0.710. The summed E-state index contributed by atoms with van der Waals surface area (Å²) in [6.45, 7) is 0. The number of nitriles is 1. The van der Waals surface area contributed by atoms with Crippen LogP contribution >= 0.6 is 23.4 Å². The van der Waals surface area contributed by atoms with Gasteiger partial charge in [-0.25, -0.2) is 0 Å². The van der Waals surface area contributed by atoms with Gasteiger partial charge in [0.25, 0.3) is 0 Å². The molecule has 3 nitrogen and oxygen atoms in total. The molecule has 0 saturated carbocycles. The van der Waals surface area contributed by atoms with Crippen LogP contribution in [0.1, 0.15) is 11.2 Å². The Kier molecular flexibility index (Phi) is 3.15. The lowest BCUT2D eigenvalue weighted by Crippen LogP contribution is -2.09. The Morgan fingerprint density at radius 1 is 1.58 bits per heavy atom. The van der Waals surface area contributed by atoms with Gasteiger partial charge in [0.05, 0.1) is 5.69 Å². The fourth-order valence-electron chi connectivity index (χ4n) is 0.684. The molecule has 1 rings (SSSR count). The first kappa shape index (κ1) is 9.11. The third kappa shape index (κ3) is 2.00. The third-order valence-corrected chi connectivity index (χ3v) is 2.02. The van der Waals surface area contributed by atoms with Gasteiger partial charge in [0, 0.05) is 18.0 Å². The normalized spacial score (nSPS) is 11.8. The van der Waals surface area contributed by atoms with Crippen molar-refractivity contribution in [3.8, 4) is 6.19 Å². The number of hydrogen-bond acceptors (Lipinski definition) is 3. The number of rotatable bonds is 2. The summed E-state index contributed by atoms with van der Waals surface area (Å²) >= 11 is 11.2. The fourth-order valence-corrected chi connectivity index (χ4v) is 0.956.